The molecule has 1 aromatic heterocycles. The van der Waals surface area contributed by atoms with E-state index < -0.39 is 6.04 Å². The van der Waals surface area contributed by atoms with E-state index in [4.69, 9.17) is 14.2 Å². The van der Waals surface area contributed by atoms with Gasteiger partial charge in [0, 0.05) is 29.7 Å². The smallest absolute Gasteiger partial charge is 0.268 e. The third-order valence-corrected chi connectivity index (χ3v) is 5.03. The topological polar surface area (TPSA) is 90.8 Å². The summed E-state index contributed by atoms with van der Waals surface area (Å²) in [4.78, 5) is 25.3. The average Bonchev–Trinajstić information content (AvgIpc) is 3.09. The Hall–Kier alpha value is -3.68. The lowest BCUT2D eigenvalue weighted by atomic mass is 10.2. The van der Waals surface area contributed by atoms with E-state index in [1.165, 1.54) is 0 Å². The molecule has 30 heavy (non-hydrogen) atoms. The van der Waals surface area contributed by atoms with Crippen LogP contribution in [0.4, 0.5) is 5.69 Å². The summed E-state index contributed by atoms with van der Waals surface area (Å²) in [6.07, 6.45) is 0. The second-order valence-electron chi connectivity index (χ2n) is 7.06. The quantitative estimate of drug-likeness (QED) is 0.676. The molecule has 2 N–H and O–H groups in total. The van der Waals surface area contributed by atoms with Crippen molar-refractivity contribution in [2.45, 2.75) is 13.0 Å². The molecule has 2 amide bonds. The molecule has 2 aromatic carbocycles. The predicted octanol–water partition coefficient (Wildman–Crippen LogP) is 2.72. The maximum Gasteiger partial charge on any atom is 0.268 e. The molecule has 1 atom stereocenters. The number of benzene rings is 2. The third kappa shape index (κ3) is 3.76. The molecular formula is C22H23N3O5. The van der Waals surface area contributed by atoms with Crippen LogP contribution in [0.5, 0.6) is 17.2 Å². The Labute approximate surface area is 173 Å². The number of carbonyl (C=O) groups excluding carboxylic acids is 2. The Bertz CT molecular complexity index is 1120. The van der Waals surface area contributed by atoms with Crippen molar-refractivity contribution < 1.29 is 23.8 Å². The number of rotatable bonds is 5. The van der Waals surface area contributed by atoms with E-state index in [9.17, 15) is 9.59 Å². The van der Waals surface area contributed by atoms with Crippen molar-refractivity contribution in [2.24, 2.45) is 7.05 Å². The number of nitrogens with one attached hydrogen (secondary N) is 2. The fraction of sp³-hybridized carbons (Fsp3) is 0.273. The molecule has 156 valence electrons. The van der Waals surface area contributed by atoms with Crippen molar-refractivity contribution in [3.05, 3.63) is 48.2 Å². The summed E-state index contributed by atoms with van der Waals surface area (Å²) in [6, 6.07) is 11.8. The van der Waals surface area contributed by atoms with Crippen LogP contribution in [0.3, 0.4) is 0 Å². The SMILES string of the molecule is COc1ccc2c(c1)cc(C(=O)N[C@H](C)C(=O)Nc1ccc3c(c1)OCCO3)n2C. The summed E-state index contributed by atoms with van der Waals surface area (Å²) < 4.78 is 18.0. The van der Waals surface area contributed by atoms with Crippen LogP contribution in [0.25, 0.3) is 10.9 Å². The highest BCUT2D eigenvalue weighted by Crippen LogP contribution is 2.32. The van der Waals surface area contributed by atoms with Crippen LogP contribution >= 0.6 is 0 Å². The van der Waals surface area contributed by atoms with Crippen LogP contribution in [-0.4, -0.2) is 42.7 Å². The van der Waals surface area contributed by atoms with E-state index in [-0.39, 0.29) is 11.8 Å². The largest absolute Gasteiger partial charge is 0.497 e. The second kappa shape index (κ2) is 7.98. The number of aromatic nitrogens is 1. The molecule has 0 aliphatic carbocycles. The third-order valence-electron chi connectivity index (χ3n) is 5.03. The first-order valence-corrected chi connectivity index (χ1v) is 9.61. The normalized spacial score (nSPS) is 13.6. The van der Waals surface area contributed by atoms with Crippen molar-refractivity contribution in [1.29, 1.82) is 0 Å². The second-order valence-corrected chi connectivity index (χ2v) is 7.06. The van der Waals surface area contributed by atoms with Crippen molar-refractivity contribution >= 4 is 28.4 Å². The average molecular weight is 409 g/mol. The lowest BCUT2D eigenvalue weighted by Crippen LogP contribution is -2.42. The number of hydrogen-bond donors (Lipinski definition) is 2. The highest BCUT2D eigenvalue weighted by atomic mass is 16.6. The Morgan fingerprint density at radius 2 is 1.83 bits per heavy atom. The van der Waals surface area contributed by atoms with E-state index in [0.717, 1.165) is 10.9 Å². The number of hydrogen-bond acceptors (Lipinski definition) is 5. The van der Waals surface area contributed by atoms with Crippen molar-refractivity contribution in [3.63, 3.8) is 0 Å². The minimum Gasteiger partial charge on any atom is -0.497 e. The molecule has 0 bridgehead atoms. The number of methoxy groups -OCH3 is 1. The number of nitrogens with zero attached hydrogens (tertiary/aromatic N) is 1. The summed E-state index contributed by atoms with van der Waals surface area (Å²) in [5, 5.41) is 6.43. The van der Waals surface area contributed by atoms with Crippen molar-refractivity contribution in [1.82, 2.24) is 9.88 Å². The molecule has 1 aliphatic rings. The van der Waals surface area contributed by atoms with E-state index in [1.807, 2.05) is 25.2 Å². The van der Waals surface area contributed by atoms with Gasteiger partial charge in [0.25, 0.3) is 5.91 Å². The summed E-state index contributed by atoms with van der Waals surface area (Å²) in [5.74, 6) is 1.28. The summed E-state index contributed by atoms with van der Waals surface area (Å²) >= 11 is 0. The first-order valence-electron chi connectivity index (χ1n) is 9.61. The highest BCUT2D eigenvalue weighted by molar-refractivity contribution is 6.03. The van der Waals surface area contributed by atoms with E-state index in [0.29, 0.717) is 41.8 Å². The first-order chi connectivity index (χ1) is 14.5. The fourth-order valence-electron chi connectivity index (χ4n) is 3.38. The van der Waals surface area contributed by atoms with Gasteiger partial charge >= 0.3 is 0 Å². The molecule has 4 rings (SSSR count). The number of carbonyl (C=O) groups is 2. The van der Waals surface area contributed by atoms with Gasteiger partial charge in [-0.2, -0.15) is 0 Å². The minimum atomic E-state index is -0.738. The monoisotopic (exact) mass is 409 g/mol. The molecule has 3 aromatic rings. The Morgan fingerprint density at radius 1 is 1.07 bits per heavy atom. The molecule has 1 aliphatic heterocycles. The van der Waals surface area contributed by atoms with Gasteiger partial charge in [-0.05, 0) is 43.3 Å². The van der Waals surface area contributed by atoms with Crippen LogP contribution in [0.2, 0.25) is 0 Å². The zero-order valence-electron chi connectivity index (χ0n) is 17.0. The Morgan fingerprint density at radius 3 is 2.60 bits per heavy atom. The molecule has 0 saturated heterocycles. The molecule has 0 unspecified atom stereocenters. The van der Waals surface area contributed by atoms with Gasteiger partial charge in [0.05, 0.1) is 7.11 Å². The lowest BCUT2D eigenvalue weighted by molar-refractivity contribution is -0.117. The molecule has 0 fully saturated rings. The maximum absolute atomic E-state index is 12.8. The Kier molecular flexibility index (Phi) is 5.22. The predicted molar refractivity (Wildman–Crippen MR) is 112 cm³/mol. The van der Waals surface area contributed by atoms with Gasteiger partial charge in [-0.1, -0.05) is 0 Å². The van der Waals surface area contributed by atoms with Gasteiger partial charge in [0.2, 0.25) is 5.91 Å². The fourth-order valence-corrected chi connectivity index (χ4v) is 3.38. The van der Waals surface area contributed by atoms with Gasteiger partial charge in [-0.3, -0.25) is 9.59 Å². The molecule has 8 heteroatoms. The van der Waals surface area contributed by atoms with E-state index in [1.54, 1.807) is 42.9 Å². The molecule has 8 nitrogen and oxygen atoms in total. The minimum absolute atomic E-state index is 0.333. The number of fused-ring (bicyclic) bond motifs is 2. The van der Waals surface area contributed by atoms with Crippen LogP contribution in [-0.2, 0) is 11.8 Å². The van der Waals surface area contributed by atoms with Crippen molar-refractivity contribution in [3.8, 4) is 17.2 Å². The zero-order valence-corrected chi connectivity index (χ0v) is 17.0. The highest BCUT2D eigenvalue weighted by Gasteiger charge is 2.21. The molecule has 0 spiro atoms. The van der Waals surface area contributed by atoms with E-state index in [2.05, 4.69) is 10.6 Å². The molecule has 0 radical (unpaired) electrons. The zero-order chi connectivity index (χ0) is 21.3. The van der Waals surface area contributed by atoms with E-state index >= 15 is 0 Å². The molecule has 2 heterocycles. The number of amides is 2. The van der Waals surface area contributed by atoms with Crippen LogP contribution in [0.15, 0.2) is 42.5 Å². The van der Waals surface area contributed by atoms with Crippen LogP contribution in [0.1, 0.15) is 17.4 Å². The maximum atomic E-state index is 12.8. The Balaban J connectivity index is 1.45. The summed E-state index contributed by atoms with van der Waals surface area (Å²) in [6.45, 7) is 2.60. The van der Waals surface area contributed by atoms with Crippen LogP contribution in [0, 0.1) is 0 Å². The first kappa shape index (κ1) is 19.6. The van der Waals surface area contributed by atoms with Gasteiger partial charge in [-0.15, -0.1) is 0 Å². The van der Waals surface area contributed by atoms with Gasteiger partial charge in [0.15, 0.2) is 11.5 Å². The van der Waals surface area contributed by atoms with Gasteiger partial charge in [0.1, 0.15) is 30.7 Å². The standard InChI is InChI=1S/C22H23N3O5/c1-13(21(26)24-15-4-7-19-20(12-15)30-9-8-29-19)23-22(27)18-11-14-10-16(28-3)5-6-17(14)25(18)2/h4-7,10-13H,8-9H2,1-3H3,(H,23,27)(H,24,26)/t13-/m1/s1. The summed E-state index contributed by atoms with van der Waals surface area (Å²) in [7, 11) is 3.41. The lowest BCUT2D eigenvalue weighted by Gasteiger charge is -2.19. The molecule has 0 saturated carbocycles. The summed E-state index contributed by atoms with van der Waals surface area (Å²) in [5.41, 5.74) is 1.92. The number of ether oxygens (including phenoxy) is 3. The van der Waals surface area contributed by atoms with Gasteiger partial charge in [-0.25, -0.2) is 0 Å². The number of anilines is 1. The number of aryl methyl sites for hydroxylation is 1. The van der Waals surface area contributed by atoms with Crippen molar-refractivity contribution in [2.75, 3.05) is 25.6 Å². The van der Waals surface area contributed by atoms with Crippen LogP contribution < -0.4 is 24.8 Å². The molecular weight excluding hydrogens is 386 g/mol. The van der Waals surface area contributed by atoms with Gasteiger partial charge < -0.3 is 29.4 Å².